The first kappa shape index (κ1) is 15.5. The number of nitrogens with zero attached hydrogens (tertiary/aromatic N) is 3. The average molecular weight is 293 g/mol. The van der Waals surface area contributed by atoms with Crippen LogP contribution in [0.25, 0.3) is 0 Å². The number of amides is 1. The van der Waals surface area contributed by atoms with E-state index in [1.54, 1.807) is 24.7 Å². The van der Waals surface area contributed by atoms with Gasteiger partial charge in [0.1, 0.15) is 6.04 Å². The lowest BCUT2D eigenvalue weighted by molar-refractivity contribution is -0.141. The number of carbonyl (C=O) groups excluding carboxylic acids is 1. The van der Waals surface area contributed by atoms with Crippen molar-refractivity contribution in [2.75, 3.05) is 0 Å². The number of hydrogen-bond acceptors (Lipinski definition) is 3. The number of hydrogen-bond donors (Lipinski definition) is 1. The Labute approximate surface area is 124 Å². The molecule has 2 rings (SSSR count). The van der Waals surface area contributed by atoms with E-state index >= 15 is 0 Å². The van der Waals surface area contributed by atoms with Gasteiger partial charge in [0.25, 0.3) is 5.91 Å². The lowest BCUT2D eigenvalue weighted by Crippen LogP contribution is -2.44. The Morgan fingerprint density at radius 1 is 1.52 bits per heavy atom. The Kier molecular flexibility index (Phi) is 4.65. The fourth-order valence-electron chi connectivity index (χ4n) is 2.43. The molecule has 1 unspecified atom stereocenters. The van der Waals surface area contributed by atoms with Gasteiger partial charge in [-0.1, -0.05) is 13.3 Å². The molecule has 0 spiro atoms. The molecule has 6 nitrogen and oxygen atoms in total. The smallest absolute Gasteiger partial charge is 0.326 e. The number of carbonyl (C=O) groups is 2. The fourth-order valence-corrected chi connectivity index (χ4v) is 2.43. The predicted molar refractivity (Wildman–Crippen MR) is 78.2 cm³/mol. The molecule has 6 heteroatoms. The lowest BCUT2D eigenvalue weighted by atomic mass is 10.2. The lowest BCUT2D eigenvalue weighted by Gasteiger charge is -2.26. The molecule has 1 aromatic rings. The molecule has 1 fully saturated rings. The van der Waals surface area contributed by atoms with Crippen LogP contribution in [-0.2, 0) is 11.3 Å². The van der Waals surface area contributed by atoms with Crippen LogP contribution in [0.5, 0.6) is 0 Å². The van der Waals surface area contributed by atoms with Crippen molar-refractivity contribution in [2.24, 2.45) is 0 Å². The minimum absolute atomic E-state index is 0.0574. The van der Waals surface area contributed by atoms with Crippen LogP contribution >= 0.6 is 0 Å². The molecule has 0 aliphatic heterocycles. The minimum Gasteiger partial charge on any atom is -0.480 e. The van der Waals surface area contributed by atoms with Crippen LogP contribution in [0.2, 0.25) is 0 Å². The van der Waals surface area contributed by atoms with Crippen LogP contribution in [0.15, 0.2) is 6.20 Å². The van der Waals surface area contributed by atoms with Crippen molar-refractivity contribution in [3.05, 3.63) is 17.5 Å². The molecule has 1 heterocycles. The Morgan fingerprint density at radius 2 is 2.19 bits per heavy atom. The maximum atomic E-state index is 12.7. The summed E-state index contributed by atoms with van der Waals surface area (Å²) >= 11 is 0. The minimum atomic E-state index is -0.966. The summed E-state index contributed by atoms with van der Waals surface area (Å²) in [5, 5.41) is 13.6. The van der Waals surface area contributed by atoms with Crippen molar-refractivity contribution in [3.8, 4) is 0 Å². The quantitative estimate of drug-likeness (QED) is 0.835. The summed E-state index contributed by atoms with van der Waals surface area (Å²) in [6, 6.07) is -0.745. The second-order valence-electron chi connectivity index (χ2n) is 5.70. The first-order chi connectivity index (χ1) is 9.95. The van der Waals surface area contributed by atoms with Crippen molar-refractivity contribution < 1.29 is 14.7 Å². The molecule has 0 radical (unpaired) electrons. The zero-order valence-electron chi connectivity index (χ0n) is 12.9. The molecule has 1 saturated carbocycles. The van der Waals surface area contributed by atoms with Gasteiger partial charge in [0.15, 0.2) is 0 Å². The number of unbranched alkanes of at least 4 members (excludes halogenated alkanes) is 1. The van der Waals surface area contributed by atoms with Crippen molar-refractivity contribution in [1.29, 1.82) is 0 Å². The molecule has 1 aliphatic carbocycles. The molecule has 0 saturated heterocycles. The SMILES string of the molecule is CCCCn1cc(C(=O)N(C2CC2)C(C)C(=O)O)c(C)n1. The van der Waals surface area contributed by atoms with Gasteiger partial charge in [0, 0.05) is 18.8 Å². The van der Waals surface area contributed by atoms with Crippen LogP contribution in [0.3, 0.4) is 0 Å². The highest BCUT2D eigenvalue weighted by Gasteiger charge is 2.39. The van der Waals surface area contributed by atoms with Crippen molar-refractivity contribution in [3.63, 3.8) is 0 Å². The number of aryl methyl sites for hydroxylation is 2. The Balaban J connectivity index is 2.20. The molecular formula is C15H23N3O3. The van der Waals surface area contributed by atoms with Gasteiger partial charge in [0.2, 0.25) is 0 Å². The zero-order chi connectivity index (χ0) is 15.6. The normalized spacial score (nSPS) is 15.8. The molecule has 1 N–H and O–H groups in total. The predicted octanol–water partition coefficient (Wildman–Crippen LogP) is 2.07. The van der Waals surface area contributed by atoms with E-state index in [0.29, 0.717) is 11.3 Å². The van der Waals surface area contributed by atoms with E-state index in [0.717, 1.165) is 32.2 Å². The Hall–Kier alpha value is -1.85. The molecule has 1 aromatic heterocycles. The van der Waals surface area contributed by atoms with Gasteiger partial charge >= 0.3 is 5.97 Å². The number of aromatic nitrogens is 2. The summed E-state index contributed by atoms with van der Waals surface area (Å²) < 4.78 is 1.78. The molecule has 1 atom stereocenters. The van der Waals surface area contributed by atoms with E-state index in [4.69, 9.17) is 0 Å². The van der Waals surface area contributed by atoms with Crippen LogP contribution in [0, 0.1) is 6.92 Å². The van der Waals surface area contributed by atoms with E-state index in [1.807, 2.05) is 0 Å². The van der Waals surface area contributed by atoms with E-state index in [2.05, 4.69) is 12.0 Å². The maximum absolute atomic E-state index is 12.7. The van der Waals surface area contributed by atoms with E-state index in [-0.39, 0.29) is 11.9 Å². The van der Waals surface area contributed by atoms with Crippen molar-refractivity contribution in [2.45, 2.75) is 65.1 Å². The second kappa shape index (κ2) is 6.28. The maximum Gasteiger partial charge on any atom is 0.326 e. The summed E-state index contributed by atoms with van der Waals surface area (Å²) in [6.45, 7) is 6.25. The van der Waals surface area contributed by atoms with Gasteiger partial charge < -0.3 is 10.0 Å². The molecule has 1 aliphatic rings. The third-order valence-corrected chi connectivity index (χ3v) is 3.87. The summed E-state index contributed by atoms with van der Waals surface area (Å²) in [7, 11) is 0. The van der Waals surface area contributed by atoms with Crippen LogP contribution in [0.1, 0.15) is 55.6 Å². The van der Waals surface area contributed by atoms with Crippen LogP contribution < -0.4 is 0 Å². The topological polar surface area (TPSA) is 75.4 Å². The summed E-state index contributed by atoms with van der Waals surface area (Å²) in [4.78, 5) is 25.4. The van der Waals surface area contributed by atoms with Gasteiger partial charge in [-0.05, 0) is 33.1 Å². The first-order valence-corrected chi connectivity index (χ1v) is 7.55. The van der Waals surface area contributed by atoms with Crippen LogP contribution in [0.4, 0.5) is 0 Å². The van der Waals surface area contributed by atoms with Gasteiger partial charge in [-0.15, -0.1) is 0 Å². The largest absolute Gasteiger partial charge is 0.480 e. The first-order valence-electron chi connectivity index (χ1n) is 7.55. The highest BCUT2D eigenvalue weighted by Crippen LogP contribution is 2.30. The van der Waals surface area contributed by atoms with Gasteiger partial charge in [-0.2, -0.15) is 5.10 Å². The van der Waals surface area contributed by atoms with Crippen molar-refractivity contribution in [1.82, 2.24) is 14.7 Å². The molecule has 1 amide bonds. The van der Waals surface area contributed by atoms with E-state index in [1.165, 1.54) is 4.90 Å². The molecule has 0 bridgehead atoms. The zero-order valence-corrected chi connectivity index (χ0v) is 12.9. The number of aliphatic carboxylic acids is 1. The highest BCUT2D eigenvalue weighted by atomic mass is 16.4. The van der Waals surface area contributed by atoms with Crippen molar-refractivity contribution >= 4 is 11.9 Å². The van der Waals surface area contributed by atoms with Gasteiger partial charge in [-0.3, -0.25) is 9.48 Å². The molecule has 0 aromatic carbocycles. The molecule has 21 heavy (non-hydrogen) atoms. The highest BCUT2D eigenvalue weighted by molar-refractivity contribution is 5.97. The third-order valence-electron chi connectivity index (χ3n) is 3.87. The summed E-state index contributed by atoms with van der Waals surface area (Å²) in [5.41, 5.74) is 1.19. The number of rotatable bonds is 7. The summed E-state index contributed by atoms with van der Waals surface area (Å²) in [5.74, 6) is -1.18. The third kappa shape index (κ3) is 3.43. The average Bonchev–Trinajstić information content (AvgIpc) is 3.19. The molecular weight excluding hydrogens is 270 g/mol. The standard InChI is InChI=1S/C15H23N3O3/c1-4-5-8-17-9-13(10(2)16-17)14(19)18(12-6-7-12)11(3)15(20)21/h9,11-12H,4-8H2,1-3H3,(H,20,21). The number of carboxylic acid groups (broad SMARTS) is 1. The monoisotopic (exact) mass is 293 g/mol. The fraction of sp³-hybridized carbons (Fsp3) is 0.667. The Morgan fingerprint density at radius 3 is 2.71 bits per heavy atom. The summed E-state index contributed by atoms with van der Waals surface area (Å²) in [6.07, 6.45) is 5.58. The second-order valence-corrected chi connectivity index (χ2v) is 5.70. The van der Waals surface area contributed by atoms with Crippen LogP contribution in [-0.4, -0.2) is 43.7 Å². The van der Waals surface area contributed by atoms with Gasteiger partial charge in [-0.25, -0.2) is 4.79 Å². The van der Waals surface area contributed by atoms with E-state index < -0.39 is 12.0 Å². The van der Waals surface area contributed by atoms with E-state index in [9.17, 15) is 14.7 Å². The molecule has 116 valence electrons. The number of carboxylic acids is 1. The Bertz CT molecular complexity index is 534. The van der Waals surface area contributed by atoms with Gasteiger partial charge in [0.05, 0.1) is 11.3 Å².